The maximum absolute atomic E-state index is 13.9. The fourth-order valence-corrected chi connectivity index (χ4v) is 6.53. The van der Waals surface area contributed by atoms with Crippen molar-refractivity contribution < 1.29 is 38.2 Å². The molecule has 5 N–H and O–H groups in total. The van der Waals surface area contributed by atoms with Crippen LogP contribution in [0.25, 0.3) is 10.4 Å². The molecule has 0 aliphatic heterocycles. The third-order valence-corrected chi connectivity index (χ3v) is 9.77. The second-order valence-corrected chi connectivity index (χ2v) is 16.1. The first-order valence-corrected chi connectivity index (χ1v) is 19.8. The number of ketones is 1. The SMILES string of the molecule is COc1ccc(C(C)=O)cc1CC(=O)N[C@H](C(=O)N[C@@H](CC(=O)OC(C)(C)C)/C(CN=[N+]=[N-])=N/NC(=O)NCC1CCC(C(=O)NCc2ccc(C)cc2)CC1)C(C)C. The highest BCUT2D eigenvalue weighted by molar-refractivity contribution is 5.99. The summed E-state index contributed by atoms with van der Waals surface area (Å²) in [7, 11) is 1.44. The van der Waals surface area contributed by atoms with Gasteiger partial charge in [-0.1, -0.05) is 48.8 Å². The number of hydrogen-bond acceptors (Lipinski definition) is 10. The van der Waals surface area contributed by atoms with Gasteiger partial charge < -0.3 is 30.7 Å². The van der Waals surface area contributed by atoms with Gasteiger partial charge in [0.15, 0.2) is 5.78 Å². The van der Waals surface area contributed by atoms with Crippen molar-refractivity contribution in [3.05, 3.63) is 75.2 Å². The summed E-state index contributed by atoms with van der Waals surface area (Å²) in [6.45, 7) is 12.3. The number of azide groups is 1. The summed E-state index contributed by atoms with van der Waals surface area (Å²) in [6.07, 6.45) is 2.22. The molecule has 1 aliphatic rings. The molecule has 0 radical (unpaired) electrons. The van der Waals surface area contributed by atoms with Crippen LogP contribution in [-0.2, 0) is 36.9 Å². The number of ether oxygens (including phenoxy) is 2. The van der Waals surface area contributed by atoms with Crippen molar-refractivity contribution in [1.29, 1.82) is 0 Å². The highest BCUT2D eigenvalue weighted by Crippen LogP contribution is 2.28. The average molecular weight is 818 g/mol. The van der Waals surface area contributed by atoms with E-state index in [0.717, 1.165) is 24.0 Å². The topological polar surface area (TPSA) is 242 Å². The first-order valence-electron chi connectivity index (χ1n) is 19.8. The van der Waals surface area contributed by atoms with Gasteiger partial charge in [-0.15, -0.1) is 0 Å². The molecule has 320 valence electrons. The molecule has 2 aromatic rings. The maximum atomic E-state index is 13.9. The summed E-state index contributed by atoms with van der Waals surface area (Å²) in [6, 6.07) is 9.76. The minimum Gasteiger partial charge on any atom is -0.496 e. The lowest BCUT2D eigenvalue weighted by Gasteiger charge is -2.28. The lowest BCUT2D eigenvalue weighted by molar-refractivity contribution is -0.155. The third kappa shape index (κ3) is 16.4. The predicted molar refractivity (Wildman–Crippen MR) is 222 cm³/mol. The van der Waals surface area contributed by atoms with Gasteiger partial charge in [-0.2, -0.15) is 5.10 Å². The van der Waals surface area contributed by atoms with E-state index in [2.05, 4.69) is 41.8 Å². The molecule has 0 spiro atoms. The number of aryl methyl sites for hydroxylation is 1. The van der Waals surface area contributed by atoms with Crippen LogP contribution >= 0.6 is 0 Å². The van der Waals surface area contributed by atoms with E-state index in [-0.39, 0.29) is 35.7 Å². The Labute approximate surface area is 345 Å². The zero-order valence-corrected chi connectivity index (χ0v) is 35.3. The number of carbonyl (C=O) groups is 6. The van der Waals surface area contributed by atoms with Gasteiger partial charge >= 0.3 is 12.0 Å². The molecular formula is C42H59N9O8. The zero-order chi connectivity index (χ0) is 43.7. The summed E-state index contributed by atoms with van der Waals surface area (Å²) >= 11 is 0. The number of benzene rings is 2. The summed E-state index contributed by atoms with van der Waals surface area (Å²) in [5, 5.41) is 19.0. The zero-order valence-electron chi connectivity index (χ0n) is 35.3. The highest BCUT2D eigenvalue weighted by Gasteiger charge is 2.31. The maximum Gasteiger partial charge on any atom is 0.335 e. The van der Waals surface area contributed by atoms with E-state index in [9.17, 15) is 28.8 Å². The molecule has 0 bridgehead atoms. The number of methoxy groups -OCH3 is 1. The lowest BCUT2D eigenvalue weighted by Crippen LogP contribution is -2.55. The van der Waals surface area contributed by atoms with Crippen molar-refractivity contribution in [2.45, 2.75) is 111 Å². The van der Waals surface area contributed by atoms with Crippen molar-refractivity contribution in [3.63, 3.8) is 0 Å². The first-order chi connectivity index (χ1) is 27.9. The number of hydrazone groups is 1. The molecule has 17 nitrogen and oxygen atoms in total. The van der Waals surface area contributed by atoms with Gasteiger partial charge in [0.05, 0.1) is 38.2 Å². The van der Waals surface area contributed by atoms with Gasteiger partial charge in [-0.05, 0) is 101 Å². The second kappa shape index (κ2) is 22.8. The molecule has 0 unspecified atom stereocenters. The molecule has 5 amide bonds. The van der Waals surface area contributed by atoms with Crippen LogP contribution in [0.1, 0.15) is 101 Å². The predicted octanol–water partition coefficient (Wildman–Crippen LogP) is 5.19. The van der Waals surface area contributed by atoms with Crippen LogP contribution in [-0.4, -0.2) is 79.1 Å². The fourth-order valence-electron chi connectivity index (χ4n) is 6.53. The summed E-state index contributed by atoms with van der Waals surface area (Å²) < 4.78 is 10.9. The Hall–Kier alpha value is -5.96. The summed E-state index contributed by atoms with van der Waals surface area (Å²) in [5.41, 5.74) is 13.6. The Morgan fingerprint density at radius 2 is 1.63 bits per heavy atom. The van der Waals surface area contributed by atoms with Gasteiger partial charge in [0.2, 0.25) is 17.7 Å². The van der Waals surface area contributed by atoms with Crippen molar-refractivity contribution in [3.8, 4) is 5.75 Å². The number of rotatable bonds is 19. The Morgan fingerprint density at radius 1 is 0.949 bits per heavy atom. The largest absolute Gasteiger partial charge is 0.496 e. The van der Waals surface area contributed by atoms with Crippen molar-refractivity contribution in [2.24, 2.45) is 28.0 Å². The molecule has 2 aromatic carbocycles. The van der Waals surface area contributed by atoms with Crippen LogP contribution in [0, 0.1) is 24.7 Å². The molecule has 2 atom stereocenters. The van der Waals surface area contributed by atoms with Crippen LogP contribution in [0.4, 0.5) is 4.79 Å². The van der Waals surface area contributed by atoms with Gasteiger partial charge in [0.1, 0.15) is 17.4 Å². The smallest absolute Gasteiger partial charge is 0.335 e. The monoisotopic (exact) mass is 817 g/mol. The number of amides is 5. The standard InChI is InChI=1S/C42H59N9O8/c1-25(2)38(48-36(53)20-32-19-31(27(4)52)17-18-35(32)58-8)40(56)47-33(21-37(54)59-42(5,6)7)34(24-46-51-43)49-50-41(57)45-23-29-13-15-30(16-14-29)39(55)44-22-28-11-9-26(3)10-12-28/h9-12,17-19,25,29-30,33,38H,13-16,20-24H2,1-8H3,(H,44,55)(H,47,56)(H,48,53)(H2,45,50,57)/b49-34+/t29?,30?,33-,38-/m0/s1. The summed E-state index contributed by atoms with van der Waals surface area (Å²) in [5.74, 6) is -2.10. The lowest BCUT2D eigenvalue weighted by atomic mass is 9.81. The van der Waals surface area contributed by atoms with Gasteiger partial charge in [0.25, 0.3) is 0 Å². The Bertz CT molecular complexity index is 1880. The van der Waals surface area contributed by atoms with E-state index >= 15 is 0 Å². The molecule has 1 aliphatic carbocycles. The molecule has 0 aromatic heterocycles. The van der Waals surface area contributed by atoms with E-state index < -0.39 is 60.4 Å². The Balaban J connectivity index is 1.68. The van der Waals surface area contributed by atoms with Crippen LogP contribution in [0.2, 0.25) is 0 Å². The third-order valence-electron chi connectivity index (χ3n) is 9.77. The van der Waals surface area contributed by atoms with Crippen LogP contribution in [0.3, 0.4) is 0 Å². The van der Waals surface area contributed by atoms with Crippen molar-refractivity contribution in [2.75, 3.05) is 20.2 Å². The van der Waals surface area contributed by atoms with Crippen LogP contribution in [0.5, 0.6) is 5.75 Å². The van der Waals surface area contributed by atoms with Crippen molar-refractivity contribution >= 4 is 41.2 Å². The summed E-state index contributed by atoms with van der Waals surface area (Å²) in [4.78, 5) is 80.8. The van der Waals surface area contributed by atoms with Gasteiger partial charge in [0, 0.05) is 35.0 Å². The molecule has 3 rings (SSSR count). The normalized spacial score (nSPS) is 16.4. The van der Waals surface area contributed by atoms with Crippen LogP contribution < -0.4 is 31.4 Å². The van der Waals surface area contributed by atoms with E-state index in [1.54, 1.807) is 52.8 Å². The molecule has 59 heavy (non-hydrogen) atoms. The van der Waals surface area contributed by atoms with Crippen molar-refractivity contribution in [1.82, 2.24) is 26.7 Å². The Morgan fingerprint density at radius 3 is 2.22 bits per heavy atom. The number of carbonyl (C=O) groups excluding carboxylic acids is 6. The number of nitrogens with zero attached hydrogens (tertiary/aromatic N) is 4. The van der Waals surface area contributed by atoms with Gasteiger partial charge in [-0.25, -0.2) is 10.2 Å². The molecule has 0 heterocycles. The number of urea groups is 1. The molecule has 17 heteroatoms. The van der Waals surface area contributed by atoms with Crippen LogP contribution in [0.15, 0.2) is 52.7 Å². The first kappa shape index (κ1) is 47.4. The van der Waals surface area contributed by atoms with Gasteiger partial charge in [-0.3, -0.25) is 24.0 Å². The van der Waals surface area contributed by atoms with E-state index in [0.29, 0.717) is 42.8 Å². The highest BCUT2D eigenvalue weighted by atomic mass is 16.6. The molecule has 0 saturated heterocycles. The molecular weight excluding hydrogens is 759 g/mol. The molecule has 1 fully saturated rings. The molecule has 1 saturated carbocycles. The van der Waals surface area contributed by atoms with E-state index in [4.69, 9.17) is 15.0 Å². The fraction of sp³-hybridized carbons (Fsp3) is 0.548. The van der Waals surface area contributed by atoms with E-state index in [1.165, 1.54) is 14.0 Å². The minimum atomic E-state index is -1.22. The number of Topliss-reactive ketones (excluding diaryl/α,β-unsaturated/α-hetero) is 1. The second-order valence-electron chi connectivity index (χ2n) is 16.1. The number of nitrogens with one attached hydrogen (secondary N) is 5. The number of hydrogen-bond donors (Lipinski definition) is 5. The average Bonchev–Trinajstić information content (AvgIpc) is 3.17. The Kier molecular flexibility index (Phi) is 18.4. The minimum absolute atomic E-state index is 0.0174. The number of esters is 1. The quantitative estimate of drug-likeness (QED) is 0.0240. The van der Waals surface area contributed by atoms with E-state index in [1.807, 2.05) is 31.2 Å².